The molecule has 0 aliphatic heterocycles. The maximum atomic E-state index is 4.15. The van der Waals surface area contributed by atoms with Crippen LogP contribution in [-0.2, 0) is 7.05 Å². The summed E-state index contributed by atoms with van der Waals surface area (Å²) >= 11 is 0. The number of aryl methyl sites for hydroxylation is 1. The Bertz CT molecular complexity index is 330. The summed E-state index contributed by atoms with van der Waals surface area (Å²) in [6, 6.07) is 2.39. The van der Waals surface area contributed by atoms with Gasteiger partial charge in [-0.15, -0.1) is 11.8 Å². The minimum absolute atomic E-state index is 0.350. The van der Waals surface area contributed by atoms with Gasteiger partial charge in [0.05, 0.1) is 5.69 Å². The highest BCUT2D eigenvalue weighted by molar-refractivity contribution is 5.07. The van der Waals surface area contributed by atoms with E-state index in [4.69, 9.17) is 0 Å². The van der Waals surface area contributed by atoms with Gasteiger partial charge in [-0.1, -0.05) is 0 Å². The Hall–Kier alpha value is -1.27. The molecule has 1 heterocycles. The Morgan fingerprint density at radius 1 is 1.64 bits per heavy atom. The molecule has 0 bridgehead atoms. The molecule has 0 saturated heterocycles. The van der Waals surface area contributed by atoms with Crippen molar-refractivity contribution < 1.29 is 0 Å². The fraction of sp³-hybridized carbons (Fsp3) is 0.545. The maximum Gasteiger partial charge on any atom is 0.0550 e. The fourth-order valence-corrected chi connectivity index (χ4v) is 1.51. The molecule has 1 aromatic rings. The van der Waals surface area contributed by atoms with Gasteiger partial charge in [0, 0.05) is 25.7 Å². The van der Waals surface area contributed by atoms with E-state index in [2.05, 4.69) is 22.3 Å². The molecule has 0 saturated carbocycles. The van der Waals surface area contributed by atoms with E-state index in [0.29, 0.717) is 6.04 Å². The molecule has 76 valence electrons. The smallest absolute Gasteiger partial charge is 0.0550 e. The number of hydrogen-bond donors (Lipinski definition) is 1. The van der Waals surface area contributed by atoms with Crippen molar-refractivity contribution >= 4 is 0 Å². The lowest BCUT2D eigenvalue weighted by Crippen LogP contribution is -2.19. The van der Waals surface area contributed by atoms with Gasteiger partial charge in [0.1, 0.15) is 0 Å². The highest BCUT2D eigenvalue weighted by Gasteiger charge is 2.11. The minimum atomic E-state index is 0.350. The average molecular weight is 191 g/mol. The monoisotopic (exact) mass is 191 g/mol. The largest absolute Gasteiger partial charge is 0.312 e. The van der Waals surface area contributed by atoms with Crippen molar-refractivity contribution in [1.29, 1.82) is 0 Å². The van der Waals surface area contributed by atoms with E-state index in [1.165, 1.54) is 5.69 Å². The number of hydrogen-bond acceptors (Lipinski definition) is 2. The molecule has 0 fully saturated rings. The summed E-state index contributed by atoms with van der Waals surface area (Å²) < 4.78 is 1.90. The first-order valence-corrected chi connectivity index (χ1v) is 4.84. The predicted molar refractivity (Wildman–Crippen MR) is 57.7 cm³/mol. The SMILES string of the molecule is CC#CCCC(NC)c1ccnn1C. The maximum absolute atomic E-state index is 4.15. The van der Waals surface area contributed by atoms with Crippen molar-refractivity contribution in [3.05, 3.63) is 18.0 Å². The van der Waals surface area contributed by atoms with Gasteiger partial charge in [0.25, 0.3) is 0 Å². The van der Waals surface area contributed by atoms with Crippen LogP contribution in [0.15, 0.2) is 12.3 Å². The molecule has 1 unspecified atom stereocenters. The van der Waals surface area contributed by atoms with Crippen LogP contribution in [0.1, 0.15) is 31.5 Å². The van der Waals surface area contributed by atoms with Gasteiger partial charge in [0.15, 0.2) is 0 Å². The van der Waals surface area contributed by atoms with Crippen molar-refractivity contribution in [2.45, 2.75) is 25.8 Å². The summed E-state index contributed by atoms with van der Waals surface area (Å²) in [5.41, 5.74) is 1.21. The normalized spacial score (nSPS) is 11.9. The first kappa shape index (κ1) is 10.8. The van der Waals surface area contributed by atoms with Crippen LogP contribution < -0.4 is 5.32 Å². The lowest BCUT2D eigenvalue weighted by atomic mass is 10.1. The van der Waals surface area contributed by atoms with E-state index >= 15 is 0 Å². The van der Waals surface area contributed by atoms with Gasteiger partial charge >= 0.3 is 0 Å². The minimum Gasteiger partial charge on any atom is -0.312 e. The second-order valence-electron chi connectivity index (χ2n) is 3.19. The number of nitrogens with zero attached hydrogens (tertiary/aromatic N) is 2. The molecular formula is C11H17N3. The van der Waals surface area contributed by atoms with Crippen LogP contribution in [0.3, 0.4) is 0 Å². The van der Waals surface area contributed by atoms with Crippen LogP contribution >= 0.6 is 0 Å². The third-order valence-corrected chi connectivity index (χ3v) is 2.30. The first-order valence-electron chi connectivity index (χ1n) is 4.84. The molecule has 1 atom stereocenters. The van der Waals surface area contributed by atoms with E-state index in [1.807, 2.05) is 38.0 Å². The van der Waals surface area contributed by atoms with Crippen LogP contribution in [0.2, 0.25) is 0 Å². The first-order chi connectivity index (χ1) is 6.79. The predicted octanol–water partition coefficient (Wildman–Crippen LogP) is 1.48. The van der Waals surface area contributed by atoms with Crippen molar-refractivity contribution in [3.8, 4) is 11.8 Å². The highest BCUT2D eigenvalue weighted by Crippen LogP contribution is 2.16. The molecule has 0 radical (unpaired) electrons. The van der Waals surface area contributed by atoms with Gasteiger partial charge < -0.3 is 5.32 Å². The lowest BCUT2D eigenvalue weighted by molar-refractivity contribution is 0.513. The molecule has 3 heteroatoms. The lowest BCUT2D eigenvalue weighted by Gasteiger charge is -2.14. The van der Waals surface area contributed by atoms with E-state index in [1.54, 1.807) is 0 Å². The van der Waals surface area contributed by atoms with Gasteiger partial charge in [-0.05, 0) is 26.5 Å². The second kappa shape index (κ2) is 5.46. The van der Waals surface area contributed by atoms with Crippen LogP contribution in [-0.4, -0.2) is 16.8 Å². The third-order valence-electron chi connectivity index (χ3n) is 2.30. The summed E-state index contributed by atoms with van der Waals surface area (Å²) in [7, 11) is 3.93. The van der Waals surface area contributed by atoms with Crippen LogP contribution in [0.25, 0.3) is 0 Å². The third kappa shape index (κ3) is 2.61. The van der Waals surface area contributed by atoms with Crippen LogP contribution in [0.5, 0.6) is 0 Å². The van der Waals surface area contributed by atoms with E-state index < -0.39 is 0 Å². The average Bonchev–Trinajstić information content (AvgIpc) is 2.60. The summed E-state index contributed by atoms with van der Waals surface area (Å²) in [4.78, 5) is 0. The summed E-state index contributed by atoms with van der Waals surface area (Å²) in [6.45, 7) is 1.87. The van der Waals surface area contributed by atoms with Crippen LogP contribution in [0, 0.1) is 11.8 Å². The zero-order valence-corrected chi connectivity index (χ0v) is 9.04. The Kier molecular flexibility index (Phi) is 4.21. The zero-order chi connectivity index (χ0) is 10.4. The number of rotatable bonds is 4. The standard InChI is InChI=1S/C11H17N3/c1-4-5-6-7-10(12-2)11-8-9-13-14(11)3/h8-10,12H,6-7H2,1-3H3. The number of aromatic nitrogens is 2. The molecule has 1 aromatic heterocycles. The zero-order valence-electron chi connectivity index (χ0n) is 9.04. The molecule has 1 rings (SSSR count). The summed E-state index contributed by atoms with van der Waals surface area (Å²) in [6.07, 6.45) is 3.77. The van der Waals surface area contributed by atoms with E-state index in [9.17, 15) is 0 Å². The van der Waals surface area contributed by atoms with Crippen LogP contribution in [0.4, 0.5) is 0 Å². The molecule has 0 aliphatic carbocycles. The van der Waals surface area contributed by atoms with Crippen molar-refractivity contribution in [1.82, 2.24) is 15.1 Å². The topological polar surface area (TPSA) is 29.9 Å². The molecule has 14 heavy (non-hydrogen) atoms. The highest BCUT2D eigenvalue weighted by atomic mass is 15.3. The van der Waals surface area contributed by atoms with Crippen molar-refractivity contribution in [2.75, 3.05) is 7.05 Å². The molecule has 0 amide bonds. The van der Waals surface area contributed by atoms with Crippen molar-refractivity contribution in [2.24, 2.45) is 7.05 Å². The molecule has 3 nitrogen and oxygen atoms in total. The van der Waals surface area contributed by atoms with Gasteiger partial charge in [0.2, 0.25) is 0 Å². The Balaban J connectivity index is 2.61. The molecule has 0 aliphatic rings. The number of nitrogens with one attached hydrogen (secondary N) is 1. The quantitative estimate of drug-likeness (QED) is 0.731. The molecule has 0 aromatic carbocycles. The van der Waals surface area contributed by atoms with E-state index in [-0.39, 0.29) is 0 Å². The van der Waals surface area contributed by atoms with Gasteiger partial charge in [-0.3, -0.25) is 4.68 Å². The van der Waals surface area contributed by atoms with Crippen molar-refractivity contribution in [3.63, 3.8) is 0 Å². The second-order valence-corrected chi connectivity index (χ2v) is 3.19. The Labute approximate surface area is 85.5 Å². The molecule has 1 N–H and O–H groups in total. The Morgan fingerprint density at radius 3 is 2.93 bits per heavy atom. The van der Waals surface area contributed by atoms with E-state index in [0.717, 1.165) is 12.8 Å². The fourth-order valence-electron chi connectivity index (χ4n) is 1.51. The summed E-state index contributed by atoms with van der Waals surface area (Å²) in [5.74, 6) is 5.98. The molecular weight excluding hydrogens is 174 g/mol. The van der Waals surface area contributed by atoms with Gasteiger partial charge in [-0.25, -0.2) is 0 Å². The summed E-state index contributed by atoms with van der Waals surface area (Å²) in [5, 5.41) is 7.43. The Morgan fingerprint density at radius 2 is 2.43 bits per heavy atom. The van der Waals surface area contributed by atoms with Gasteiger partial charge in [-0.2, -0.15) is 5.10 Å². The molecule has 0 spiro atoms.